The molecule has 1 N–H and O–H groups in total. The van der Waals surface area contributed by atoms with Gasteiger partial charge < -0.3 is 14.8 Å². The second kappa shape index (κ2) is 7.74. The summed E-state index contributed by atoms with van der Waals surface area (Å²) in [6.07, 6.45) is 1.10. The lowest BCUT2D eigenvalue weighted by atomic mass is 9.95. The predicted molar refractivity (Wildman–Crippen MR) is 117 cm³/mol. The fourth-order valence-electron chi connectivity index (χ4n) is 4.27. The van der Waals surface area contributed by atoms with E-state index < -0.39 is 6.43 Å². The summed E-state index contributed by atoms with van der Waals surface area (Å²) in [5.74, 6) is 0.178. The van der Waals surface area contributed by atoms with Crippen molar-refractivity contribution in [3.63, 3.8) is 0 Å². The van der Waals surface area contributed by atoms with E-state index in [0.29, 0.717) is 5.56 Å². The number of alkyl halides is 2. The second-order valence-electron chi connectivity index (χ2n) is 8.46. The lowest BCUT2D eigenvalue weighted by Crippen LogP contribution is -2.25. The van der Waals surface area contributed by atoms with Gasteiger partial charge >= 0.3 is 0 Å². The summed E-state index contributed by atoms with van der Waals surface area (Å²) in [5.41, 5.74) is 5.58. The van der Waals surface area contributed by atoms with Crippen molar-refractivity contribution >= 4 is 28.2 Å². The van der Waals surface area contributed by atoms with Gasteiger partial charge in [-0.3, -0.25) is 4.79 Å². The van der Waals surface area contributed by atoms with Crippen molar-refractivity contribution in [2.75, 3.05) is 25.5 Å². The zero-order valence-corrected chi connectivity index (χ0v) is 17.8. The quantitative estimate of drug-likeness (QED) is 0.571. The normalized spacial score (nSPS) is 13.9. The summed E-state index contributed by atoms with van der Waals surface area (Å²) in [7, 11) is 3.47. The maximum absolute atomic E-state index is 13.4. The number of fused-ring (bicyclic) bond motifs is 2. The van der Waals surface area contributed by atoms with Gasteiger partial charge in [-0.05, 0) is 48.1 Å². The average Bonchev–Trinajstić information content (AvgIpc) is 3.15. The lowest BCUT2D eigenvalue weighted by Gasteiger charge is -2.32. The highest BCUT2D eigenvalue weighted by molar-refractivity contribution is 6.08. The number of amides is 1. The van der Waals surface area contributed by atoms with Crippen LogP contribution < -0.4 is 4.90 Å². The topological polar surface area (TPSA) is 39.3 Å². The number of aryl methyl sites for hydroxylation is 1. The molecule has 1 amide bonds. The van der Waals surface area contributed by atoms with Crippen molar-refractivity contribution in [3.8, 4) is 0 Å². The number of nitrogens with one attached hydrogen (secondary N) is 1. The minimum atomic E-state index is -2.50. The van der Waals surface area contributed by atoms with Crippen LogP contribution in [0.2, 0.25) is 0 Å². The molecule has 30 heavy (non-hydrogen) atoms. The van der Waals surface area contributed by atoms with E-state index in [-0.39, 0.29) is 17.4 Å². The zero-order chi connectivity index (χ0) is 21.6. The molecule has 0 aliphatic carbocycles. The van der Waals surface area contributed by atoms with Crippen LogP contribution in [0.1, 0.15) is 59.7 Å². The van der Waals surface area contributed by atoms with E-state index in [4.69, 9.17) is 0 Å². The SMILES string of the molecule is CC(C)c1cc(N2CCCc3ccc(C(F)F)cc32)cc2c(C(=O)N(C)C)c[nH]c12. The van der Waals surface area contributed by atoms with Gasteiger partial charge in [0.2, 0.25) is 0 Å². The predicted octanol–water partition coefficient (Wildman–Crippen LogP) is 6.02. The highest BCUT2D eigenvalue weighted by atomic mass is 19.3. The molecule has 1 aromatic heterocycles. The molecule has 3 aromatic rings. The molecular formula is C24H27F2N3O. The van der Waals surface area contributed by atoms with Gasteiger partial charge in [-0.25, -0.2) is 8.78 Å². The van der Waals surface area contributed by atoms with Gasteiger partial charge in [-0.1, -0.05) is 26.0 Å². The van der Waals surface area contributed by atoms with Crippen molar-refractivity contribution in [2.24, 2.45) is 0 Å². The van der Waals surface area contributed by atoms with Crippen molar-refractivity contribution in [1.29, 1.82) is 0 Å². The number of aromatic amines is 1. The molecule has 0 atom stereocenters. The summed E-state index contributed by atoms with van der Waals surface area (Å²) in [6, 6.07) is 9.09. The third-order valence-electron chi connectivity index (χ3n) is 5.85. The Hall–Kier alpha value is -2.89. The van der Waals surface area contributed by atoms with Crippen LogP contribution in [0.4, 0.5) is 20.2 Å². The first kappa shape index (κ1) is 20.4. The summed E-state index contributed by atoms with van der Waals surface area (Å²) in [6.45, 7) is 4.99. The Bertz CT molecular complexity index is 1100. The van der Waals surface area contributed by atoms with Crippen LogP contribution in [-0.2, 0) is 6.42 Å². The molecule has 4 nitrogen and oxygen atoms in total. The molecular weight excluding hydrogens is 384 g/mol. The number of nitrogens with zero attached hydrogens (tertiary/aromatic N) is 2. The van der Waals surface area contributed by atoms with Crippen LogP contribution >= 0.6 is 0 Å². The number of anilines is 2. The minimum absolute atomic E-state index is 0.0379. The van der Waals surface area contributed by atoms with Gasteiger partial charge in [0, 0.05) is 54.7 Å². The van der Waals surface area contributed by atoms with Gasteiger partial charge in [0.15, 0.2) is 0 Å². The van der Waals surface area contributed by atoms with Gasteiger partial charge in [0.25, 0.3) is 12.3 Å². The Morgan fingerprint density at radius 2 is 1.93 bits per heavy atom. The molecule has 6 heteroatoms. The van der Waals surface area contributed by atoms with E-state index in [9.17, 15) is 13.6 Å². The third kappa shape index (κ3) is 3.44. The molecule has 1 aliphatic heterocycles. The molecule has 158 valence electrons. The highest BCUT2D eigenvalue weighted by Crippen LogP contribution is 2.40. The smallest absolute Gasteiger partial charge is 0.263 e. The molecule has 4 rings (SSSR count). The third-order valence-corrected chi connectivity index (χ3v) is 5.85. The Balaban J connectivity index is 1.91. The maximum atomic E-state index is 13.4. The summed E-state index contributed by atoms with van der Waals surface area (Å²) in [4.78, 5) is 19.7. The Kier molecular flexibility index (Phi) is 5.26. The highest BCUT2D eigenvalue weighted by Gasteiger charge is 2.24. The average molecular weight is 411 g/mol. The molecule has 0 saturated heterocycles. The van der Waals surface area contributed by atoms with Crippen LogP contribution in [0.3, 0.4) is 0 Å². The van der Waals surface area contributed by atoms with Crippen LogP contribution in [0.5, 0.6) is 0 Å². The number of rotatable bonds is 4. The van der Waals surface area contributed by atoms with Crippen molar-refractivity contribution in [2.45, 2.75) is 39.0 Å². The largest absolute Gasteiger partial charge is 0.360 e. The first-order valence-electron chi connectivity index (χ1n) is 10.3. The van der Waals surface area contributed by atoms with Crippen LogP contribution in [0.25, 0.3) is 10.9 Å². The Labute approximate surface area is 175 Å². The number of carbonyl (C=O) groups excluding carboxylic acids is 1. The van der Waals surface area contributed by atoms with Gasteiger partial charge in [-0.2, -0.15) is 0 Å². The molecule has 0 spiro atoms. The van der Waals surface area contributed by atoms with E-state index in [1.54, 1.807) is 31.3 Å². The molecule has 0 unspecified atom stereocenters. The van der Waals surface area contributed by atoms with Crippen molar-refractivity contribution < 1.29 is 13.6 Å². The molecule has 0 fully saturated rings. The van der Waals surface area contributed by atoms with E-state index in [1.807, 2.05) is 12.1 Å². The van der Waals surface area contributed by atoms with Gasteiger partial charge in [0.05, 0.1) is 5.56 Å². The number of halogens is 2. The first-order valence-corrected chi connectivity index (χ1v) is 10.3. The number of H-pyrrole nitrogens is 1. The number of carbonyl (C=O) groups is 1. The molecule has 1 aliphatic rings. The van der Waals surface area contributed by atoms with Crippen LogP contribution in [-0.4, -0.2) is 36.4 Å². The van der Waals surface area contributed by atoms with E-state index >= 15 is 0 Å². The first-order chi connectivity index (χ1) is 14.3. The standard InChI is InChI=1S/C24H27F2N3O/c1-14(2)18-11-17(12-19-20(13-27-22(18)19)24(30)28(3)4)29-9-5-6-15-7-8-16(23(25)26)10-21(15)29/h7-8,10-14,23,27H,5-6,9H2,1-4H3. The number of hydrogen-bond donors (Lipinski definition) is 1. The Morgan fingerprint density at radius 1 is 1.17 bits per heavy atom. The van der Waals surface area contributed by atoms with Crippen molar-refractivity contribution in [3.05, 3.63) is 58.8 Å². The molecule has 0 radical (unpaired) electrons. The zero-order valence-electron chi connectivity index (χ0n) is 17.8. The fourth-order valence-corrected chi connectivity index (χ4v) is 4.27. The summed E-state index contributed by atoms with van der Waals surface area (Å²) < 4.78 is 26.7. The number of aromatic nitrogens is 1. The maximum Gasteiger partial charge on any atom is 0.263 e. The molecule has 0 bridgehead atoms. The molecule has 0 saturated carbocycles. The van der Waals surface area contributed by atoms with E-state index in [2.05, 4.69) is 29.8 Å². The summed E-state index contributed by atoms with van der Waals surface area (Å²) in [5, 5.41) is 0.868. The van der Waals surface area contributed by atoms with Crippen molar-refractivity contribution in [1.82, 2.24) is 9.88 Å². The molecule has 2 aromatic carbocycles. The van der Waals surface area contributed by atoms with Crippen LogP contribution in [0, 0.1) is 0 Å². The molecule has 2 heterocycles. The van der Waals surface area contributed by atoms with Crippen LogP contribution in [0.15, 0.2) is 36.5 Å². The second-order valence-corrected chi connectivity index (χ2v) is 8.46. The monoisotopic (exact) mass is 411 g/mol. The Morgan fingerprint density at radius 3 is 2.60 bits per heavy atom. The number of hydrogen-bond acceptors (Lipinski definition) is 2. The fraction of sp³-hybridized carbons (Fsp3) is 0.375. The van der Waals surface area contributed by atoms with Gasteiger partial charge in [0.1, 0.15) is 0 Å². The lowest BCUT2D eigenvalue weighted by molar-refractivity contribution is 0.0829. The van der Waals surface area contributed by atoms with E-state index in [1.165, 1.54) is 6.07 Å². The number of benzene rings is 2. The van der Waals surface area contributed by atoms with Gasteiger partial charge in [-0.15, -0.1) is 0 Å². The summed E-state index contributed by atoms with van der Waals surface area (Å²) >= 11 is 0. The van der Waals surface area contributed by atoms with E-state index in [0.717, 1.165) is 52.8 Å². The minimum Gasteiger partial charge on any atom is -0.360 e.